The van der Waals surface area contributed by atoms with Gasteiger partial charge in [-0.2, -0.15) is 17.4 Å². The Hall–Kier alpha value is -0.700. The summed E-state index contributed by atoms with van der Waals surface area (Å²) in [5, 5.41) is 17.4. The summed E-state index contributed by atoms with van der Waals surface area (Å²) in [5.74, 6) is -1.30. The molecule has 0 unspecified atom stereocenters. The third kappa shape index (κ3) is 5.97. The topological polar surface area (TPSA) is 107 Å². The minimum Gasteiger partial charge on any atom is -0.480 e. The maximum atomic E-state index is 11.7. The molecule has 0 aliphatic carbocycles. The first-order valence-electron chi connectivity index (χ1n) is 5.42. The minimum atomic E-state index is -3.81. The molecule has 0 saturated carbocycles. The van der Waals surface area contributed by atoms with Gasteiger partial charge in [0.2, 0.25) is 0 Å². The zero-order valence-corrected chi connectivity index (χ0v) is 10.9. The molecule has 0 fully saturated rings. The number of carboxylic acid groups (broad SMARTS) is 1. The van der Waals surface area contributed by atoms with Gasteiger partial charge in [-0.3, -0.25) is 4.79 Å². The fourth-order valence-electron chi connectivity index (χ4n) is 1.13. The fraction of sp³-hybridized carbons (Fsp3) is 0.889. The SMILES string of the molecule is CCCCN(C)S(=O)(=O)N[C@H](CCO)C(=O)O. The number of aliphatic hydroxyl groups is 1. The number of hydrogen-bond acceptors (Lipinski definition) is 4. The Morgan fingerprint density at radius 3 is 2.47 bits per heavy atom. The van der Waals surface area contributed by atoms with Crippen LogP contribution in [0.25, 0.3) is 0 Å². The van der Waals surface area contributed by atoms with E-state index in [0.717, 1.165) is 10.7 Å². The highest BCUT2D eigenvalue weighted by Gasteiger charge is 2.26. The van der Waals surface area contributed by atoms with Crippen LogP contribution in [0, 0.1) is 0 Å². The van der Waals surface area contributed by atoms with Crippen molar-refractivity contribution in [2.75, 3.05) is 20.2 Å². The lowest BCUT2D eigenvalue weighted by molar-refractivity contribution is -0.139. The summed E-state index contributed by atoms with van der Waals surface area (Å²) in [6, 6.07) is -1.30. The number of unbranched alkanes of at least 4 members (excludes halogenated alkanes) is 1. The maximum Gasteiger partial charge on any atom is 0.321 e. The van der Waals surface area contributed by atoms with E-state index in [4.69, 9.17) is 10.2 Å². The van der Waals surface area contributed by atoms with E-state index in [-0.39, 0.29) is 6.42 Å². The predicted octanol–water partition coefficient (Wildman–Crippen LogP) is -0.612. The Morgan fingerprint density at radius 2 is 2.06 bits per heavy atom. The van der Waals surface area contributed by atoms with Gasteiger partial charge in [0.1, 0.15) is 6.04 Å². The average molecular weight is 268 g/mol. The molecule has 0 aliphatic heterocycles. The van der Waals surface area contributed by atoms with Gasteiger partial charge in [-0.15, -0.1) is 0 Å². The van der Waals surface area contributed by atoms with Crippen LogP contribution < -0.4 is 4.72 Å². The number of carboxylic acids is 1. The van der Waals surface area contributed by atoms with Gasteiger partial charge in [-0.1, -0.05) is 13.3 Å². The molecule has 1 atom stereocenters. The lowest BCUT2D eigenvalue weighted by Gasteiger charge is -2.20. The molecule has 0 aromatic rings. The molecule has 0 radical (unpaired) electrons. The van der Waals surface area contributed by atoms with Crippen molar-refractivity contribution in [2.24, 2.45) is 0 Å². The summed E-state index contributed by atoms with van der Waals surface area (Å²) in [6.45, 7) is 1.87. The third-order valence-electron chi connectivity index (χ3n) is 2.24. The van der Waals surface area contributed by atoms with Crippen LogP contribution in [0.15, 0.2) is 0 Å². The molecule has 0 amide bonds. The van der Waals surface area contributed by atoms with E-state index in [0.29, 0.717) is 13.0 Å². The molecule has 0 aromatic carbocycles. The van der Waals surface area contributed by atoms with Crippen LogP contribution in [-0.4, -0.2) is 55.1 Å². The maximum absolute atomic E-state index is 11.7. The summed E-state index contributed by atoms with van der Waals surface area (Å²) < 4.78 is 26.5. The molecule has 17 heavy (non-hydrogen) atoms. The van der Waals surface area contributed by atoms with E-state index < -0.39 is 28.8 Å². The van der Waals surface area contributed by atoms with Gasteiger partial charge in [-0.25, -0.2) is 0 Å². The largest absolute Gasteiger partial charge is 0.480 e. The lowest BCUT2D eigenvalue weighted by Crippen LogP contribution is -2.47. The standard InChI is InChI=1S/C9H20N2O5S/c1-3-4-6-11(2)17(15,16)10-8(5-7-12)9(13)14/h8,10,12H,3-7H2,1-2H3,(H,13,14)/t8-/m1/s1. The second-order valence-corrected chi connectivity index (χ2v) is 5.51. The van der Waals surface area contributed by atoms with E-state index in [2.05, 4.69) is 0 Å². The number of rotatable bonds is 9. The van der Waals surface area contributed by atoms with Crippen LogP contribution in [0.3, 0.4) is 0 Å². The molecule has 102 valence electrons. The number of aliphatic hydroxyl groups excluding tert-OH is 1. The molecule has 0 heterocycles. The highest BCUT2D eigenvalue weighted by Crippen LogP contribution is 2.01. The first-order valence-corrected chi connectivity index (χ1v) is 6.86. The first kappa shape index (κ1) is 16.3. The Kier molecular flexibility index (Phi) is 7.28. The van der Waals surface area contributed by atoms with E-state index in [1.54, 1.807) is 0 Å². The van der Waals surface area contributed by atoms with Crippen molar-refractivity contribution in [2.45, 2.75) is 32.2 Å². The van der Waals surface area contributed by atoms with Crippen molar-refractivity contribution in [3.63, 3.8) is 0 Å². The Balaban J connectivity index is 4.54. The zero-order valence-electron chi connectivity index (χ0n) is 10.1. The summed E-state index contributed by atoms with van der Waals surface area (Å²) in [4.78, 5) is 10.7. The van der Waals surface area contributed by atoms with E-state index in [9.17, 15) is 13.2 Å². The van der Waals surface area contributed by atoms with Gasteiger partial charge in [0.05, 0.1) is 0 Å². The van der Waals surface area contributed by atoms with Crippen molar-refractivity contribution in [1.29, 1.82) is 0 Å². The molecular formula is C9H20N2O5S. The van der Waals surface area contributed by atoms with Gasteiger partial charge in [-0.05, 0) is 12.8 Å². The molecule has 7 nitrogen and oxygen atoms in total. The summed E-state index contributed by atoms with van der Waals surface area (Å²) >= 11 is 0. The van der Waals surface area contributed by atoms with Crippen molar-refractivity contribution >= 4 is 16.2 Å². The predicted molar refractivity (Wildman–Crippen MR) is 62.7 cm³/mol. The number of nitrogens with zero attached hydrogens (tertiary/aromatic N) is 1. The zero-order chi connectivity index (χ0) is 13.5. The normalized spacial score (nSPS) is 13.9. The number of nitrogens with one attached hydrogen (secondary N) is 1. The first-order chi connectivity index (χ1) is 7.85. The number of carbonyl (C=O) groups is 1. The highest BCUT2D eigenvalue weighted by molar-refractivity contribution is 7.87. The third-order valence-corrected chi connectivity index (χ3v) is 3.83. The van der Waals surface area contributed by atoms with Crippen LogP contribution in [-0.2, 0) is 15.0 Å². The quantitative estimate of drug-likeness (QED) is 0.517. The van der Waals surface area contributed by atoms with Gasteiger partial charge >= 0.3 is 5.97 Å². The van der Waals surface area contributed by atoms with Gasteiger partial charge in [0.15, 0.2) is 0 Å². The number of aliphatic carboxylic acids is 1. The summed E-state index contributed by atoms with van der Waals surface area (Å²) in [6.07, 6.45) is 1.39. The van der Waals surface area contributed by atoms with Crippen LogP contribution in [0.1, 0.15) is 26.2 Å². The van der Waals surface area contributed by atoms with Crippen molar-refractivity contribution in [3.05, 3.63) is 0 Å². The smallest absolute Gasteiger partial charge is 0.321 e. The fourth-order valence-corrected chi connectivity index (χ4v) is 2.26. The minimum absolute atomic E-state index is 0.157. The van der Waals surface area contributed by atoms with E-state index >= 15 is 0 Å². The molecule has 0 spiro atoms. The van der Waals surface area contributed by atoms with E-state index in [1.165, 1.54) is 7.05 Å². The van der Waals surface area contributed by atoms with Gasteiger partial charge < -0.3 is 10.2 Å². The average Bonchev–Trinajstić information content (AvgIpc) is 2.24. The summed E-state index contributed by atoms with van der Waals surface area (Å²) in [7, 11) is -2.42. The number of hydrogen-bond donors (Lipinski definition) is 3. The van der Waals surface area contributed by atoms with Crippen LogP contribution >= 0.6 is 0 Å². The molecule has 0 saturated heterocycles. The lowest BCUT2D eigenvalue weighted by atomic mass is 10.2. The van der Waals surface area contributed by atoms with Crippen LogP contribution in [0.2, 0.25) is 0 Å². The highest BCUT2D eigenvalue weighted by atomic mass is 32.2. The molecule has 0 rings (SSSR count). The molecule has 3 N–H and O–H groups in total. The van der Waals surface area contributed by atoms with Crippen LogP contribution in [0.4, 0.5) is 0 Å². The molecular weight excluding hydrogens is 248 g/mol. The van der Waals surface area contributed by atoms with Crippen molar-refractivity contribution in [3.8, 4) is 0 Å². The Labute approximate surface area is 102 Å². The molecule has 0 bridgehead atoms. The van der Waals surface area contributed by atoms with Crippen LogP contribution in [0.5, 0.6) is 0 Å². The molecule has 8 heteroatoms. The monoisotopic (exact) mass is 268 g/mol. The Bertz CT molecular complexity index is 330. The molecule has 0 aliphatic rings. The van der Waals surface area contributed by atoms with Crippen molar-refractivity contribution < 1.29 is 23.4 Å². The van der Waals surface area contributed by atoms with E-state index in [1.807, 2.05) is 11.6 Å². The Morgan fingerprint density at radius 1 is 1.47 bits per heavy atom. The van der Waals surface area contributed by atoms with Crippen molar-refractivity contribution in [1.82, 2.24) is 9.03 Å². The second kappa shape index (κ2) is 7.59. The van der Waals surface area contributed by atoms with Gasteiger partial charge in [0, 0.05) is 20.2 Å². The second-order valence-electron chi connectivity index (χ2n) is 3.70. The van der Waals surface area contributed by atoms with Gasteiger partial charge in [0.25, 0.3) is 10.2 Å². The molecule has 0 aromatic heterocycles. The summed E-state index contributed by atoms with van der Waals surface area (Å²) in [5.41, 5.74) is 0.